The molecule has 0 aliphatic carbocycles. The quantitative estimate of drug-likeness (QED) is 0.668. The summed E-state index contributed by atoms with van der Waals surface area (Å²) in [5.41, 5.74) is 5.72. The number of aryl methyl sites for hydroxylation is 1. The van der Waals surface area contributed by atoms with Gasteiger partial charge in [-0.3, -0.25) is 4.68 Å². The zero-order valence-electron chi connectivity index (χ0n) is 15.1. The Balaban J connectivity index is 1.67. The van der Waals surface area contributed by atoms with E-state index in [1.807, 2.05) is 22.7 Å². The number of hydrogen-bond acceptors (Lipinski definition) is 3. The summed E-state index contributed by atoms with van der Waals surface area (Å²) in [7, 11) is 2.00. The number of rotatable bonds is 3. The van der Waals surface area contributed by atoms with E-state index in [1.165, 1.54) is 16.8 Å². The summed E-state index contributed by atoms with van der Waals surface area (Å²) in [6.45, 7) is 3.82. The first-order chi connectivity index (χ1) is 12.7. The van der Waals surface area contributed by atoms with E-state index in [0.717, 1.165) is 24.3 Å². The molecule has 4 rings (SSSR count). The van der Waals surface area contributed by atoms with Crippen molar-refractivity contribution in [2.45, 2.75) is 12.8 Å². The number of nitrogens with zero attached hydrogens (tertiary/aromatic N) is 4. The lowest BCUT2D eigenvalue weighted by Gasteiger charge is -2.13. The van der Waals surface area contributed by atoms with Crippen LogP contribution in [0.4, 0.5) is 0 Å². The highest BCUT2D eigenvalue weighted by Gasteiger charge is 2.32. The molecule has 0 saturated carbocycles. The molecule has 2 unspecified atom stereocenters. The van der Waals surface area contributed by atoms with Crippen molar-refractivity contribution < 1.29 is 0 Å². The van der Waals surface area contributed by atoms with Gasteiger partial charge < -0.3 is 4.90 Å². The van der Waals surface area contributed by atoms with E-state index >= 15 is 0 Å². The van der Waals surface area contributed by atoms with Crippen molar-refractivity contribution >= 4 is 0 Å². The van der Waals surface area contributed by atoms with E-state index in [9.17, 15) is 5.26 Å². The fourth-order valence-electron chi connectivity index (χ4n) is 3.89. The van der Waals surface area contributed by atoms with Crippen LogP contribution in [-0.4, -0.2) is 27.8 Å². The van der Waals surface area contributed by atoms with Crippen LogP contribution in [0.15, 0.2) is 60.7 Å². The molecule has 0 N–H and O–H groups in total. The van der Waals surface area contributed by atoms with Crippen molar-refractivity contribution in [3.63, 3.8) is 0 Å². The first-order valence-corrected chi connectivity index (χ1v) is 9.00. The maximum Gasteiger partial charge on any atom is 0.179 e. The van der Waals surface area contributed by atoms with Crippen LogP contribution in [0.3, 0.4) is 0 Å². The van der Waals surface area contributed by atoms with Gasteiger partial charge in [-0.1, -0.05) is 55.5 Å². The molecular weight excluding hydrogens is 320 g/mol. The Kier molecular flexibility index (Phi) is 4.22. The molecule has 2 atom stereocenters. The third kappa shape index (κ3) is 2.97. The number of aromatic nitrogens is 2. The molecule has 3 aromatic rings. The molecule has 130 valence electrons. The van der Waals surface area contributed by atoms with Crippen molar-refractivity contribution in [2.24, 2.45) is 13.0 Å². The zero-order chi connectivity index (χ0) is 18.1. The minimum absolute atomic E-state index is 0.346. The van der Waals surface area contributed by atoms with Gasteiger partial charge >= 0.3 is 0 Å². The molecule has 4 heteroatoms. The predicted octanol–water partition coefficient (Wildman–Crippen LogP) is 4.27. The Bertz CT molecular complexity index is 952. The fourth-order valence-corrected chi connectivity index (χ4v) is 3.89. The van der Waals surface area contributed by atoms with E-state index in [0.29, 0.717) is 11.8 Å². The van der Waals surface area contributed by atoms with Gasteiger partial charge in [-0.25, -0.2) is 0 Å². The summed E-state index contributed by atoms with van der Waals surface area (Å²) in [6.07, 6.45) is 2.28. The molecule has 1 aliphatic heterocycles. The van der Waals surface area contributed by atoms with Gasteiger partial charge in [0.05, 0.1) is 5.69 Å². The highest BCUT2D eigenvalue weighted by atomic mass is 15.3. The molecule has 4 nitrogen and oxygen atoms in total. The molecule has 0 radical (unpaired) electrons. The predicted molar refractivity (Wildman–Crippen MR) is 103 cm³/mol. The number of likely N-dealkylation sites (tertiary alicyclic amines) is 1. The molecule has 1 saturated heterocycles. The first kappa shape index (κ1) is 16.4. The summed E-state index contributed by atoms with van der Waals surface area (Å²) in [6, 6.07) is 21.1. The Morgan fingerprint density at radius 3 is 2.42 bits per heavy atom. The second-order valence-corrected chi connectivity index (χ2v) is 7.11. The molecule has 0 amide bonds. The lowest BCUT2D eigenvalue weighted by molar-refractivity contribution is 0.465. The summed E-state index contributed by atoms with van der Waals surface area (Å²) < 4.78 is 1.98. The summed E-state index contributed by atoms with van der Waals surface area (Å²) in [5.74, 6) is 0.798. The monoisotopic (exact) mass is 342 g/mol. The standard InChI is InChI=1S/C22H22N4/c1-16-13-26(15-23)14-20(16)22-12-21(24-25(22)2)19-10-6-9-18(11-19)17-7-4-3-5-8-17/h3-12,16,20H,13-14H2,1-2H3. The maximum absolute atomic E-state index is 9.19. The highest BCUT2D eigenvalue weighted by molar-refractivity contribution is 5.71. The number of nitriles is 1. The largest absolute Gasteiger partial charge is 0.310 e. The minimum atomic E-state index is 0.346. The van der Waals surface area contributed by atoms with Crippen molar-refractivity contribution in [3.05, 3.63) is 66.4 Å². The highest BCUT2D eigenvalue weighted by Crippen LogP contribution is 2.34. The van der Waals surface area contributed by atoms with E-state index in [2.05, 4.69) is 67.7 Å². The third-order valence-electron chi connectivity index (χ3n) is 5.32. The SMILES string of the molecule is CC1CN(C#N)CC1c1cc(-c2cccc(-c3ccccc3)c2)nn1C. The normalized spacial score (nSPS) is 19.5. The molecule has 1 aliphatic rings. The van der Waals surface area contributed by atoms with Gasteiger partial charge in [-0.2, -0.15) is 10.4 Å². The van der Waals surface area contributed by atoms with Crippen molar-refractivity contribution in [1.82, 2.24) is 14.7 Å². The van der Waals surface area contributed by atoms with Crippen LogP contribution < -0.4 is 0 Å². The lowest BCUT2D eigenvalue weighted by Crippen LogP contribution is -2.14. The Morgan fingerprint density at radius 2 is 1.69 bits per heavy atom. The summed E-state index contributed by atoms with van der Waals surface area (Å²) in [5, 5.41) is 14.0. The molecule has 0 spiro atoms. The van der Waals surface area contributed by atoms with Crippen LogP contribution in [-0.2, 0) is 7.05 Å². The number of benzene rings is 2. The van der Waals surface area contributed by atoms with Crippen LogP contribution in [0.25, 0.3) is 22.4 Å². The lowest BCUT2D eigenvalue weighted by atomic mass is 9.94. The third-order valence-corrected chi connectivity index (χ3v) is 5.32. The molecule has 1 fully saturated rings. The van der Waals surface area contributed by atoms with Gasteiger partial charge in [0.2, 0.25) is 0 Å². The average molecular weight is 342 g/mol. The van der Waals surface area contributed by atoms with Gasteiger partial charge in [-0.15, -0.1) is 0 Å². The van der Waals surface area contributed by atoms with Crippen LogP contribution in [0.1, 0.15) is 18.5 Å². The van der Waals surface area contributed by atoms with E-state index in [4.69, 9.17) is 5.10 Å². The van der Waals surface area contributed by atoms with Crippen LogP contribution >= 0.6 is 0 Å². The van der Waals surface area contributed by atoms with E-state index in [-0.39, 0.29) is 0 Å². The van der Waals surface area contributed by atoms with Crippen molar-refractivity contribution in [3.8, 4) is 28.6 Å². The zero-order valence-corrected chi connectivity index (χ0v) is 15.1. The van der Waals surface area contributed by atoms with Crippen LogP contribution in [0, 0.1) is 17.4 Å². The van der Waals surface area contributed by atoms with Crippen LogP contribution in [0.5, 0.6) is 0 Å². The smallest absolute Gasteiger partial charge is 0.179 e. The molecular formula is C22H22N4. The van der Waals surface area contributed by atoms with Gasteiger partial charge in [-0.05, 0) is 29.2 Å². The van der Waals surface area contributed by atoms with Gasteiger partial charge in [0.15, 0.2) is 6.19 Å². The number of hydrogen-bond donors (Lipinski definition) is 0. The first-order valence-electron chi connectivity index (χ1n) is 9.00. The average Bonchev–Trinajstić information content (AvgIpc) is 3.25. The van der Waals surface area contributed by atoms with Gasteiger partial charge in [0.25, 0.3) is 0 Å². The van der Waals surface area contributed by atoms with Crippen molar-refractivity contribution in [2.75, 3.05) is 13.1 Å². The van der Waals surface area contributed by atoms with Gasteiger partial charge in [0, 0.05) is 37.3 Å². The summed E-state index contributed by atoms with van der Waals surface area (Å²) in [4.78, 5) is 1.85. The molecule has 2 heterocycles. The summed E-state index contributed by atoms with van der Waals surface area (Å²) >= 11 is 0. The van der Waals surface area contributed by atoms with Gasteiger partial charge in [0.1, 0.15) is 0 Å². The maximum atomic E-state index is 9.19. The molecule has 26 heavy (non-hydrogen) atoms. The molecule has 2 aromatic carbocycles. The minimum Gasteiger partial charge on any atom is -0.310 e. The van der Waals surface area contributed by atoms with Crippen LogP contribution in [0.2, 0.25) is 0 Å². The van der Waals surface area contributed by atoms with E-state index in [1.54, 1.807) is 0 Å². The molecule has 0 bridgehead atoms. The Morgan fingerprint density at radius 1 is 0.962 bits per heavy atom. The fraction of sp³-hybridized carbons (Fsp3) is 0.273. The Labute approximate surface area is 154 Å². The molecule has 1 aromatic heterocycles. The second kappa shape index (κ2) is 6.68. The van der Waals surface area contributed by atoms with E-state index < -0.39 is 0 Å². The van der Waals surface area contributed by atoms with Crippen molar-refractivity contribution in [1.29, 1.82) is 5.26 Å². The second-order valence-electron chi connectivity index (χ2n) is 7.11. The topological polar surface area (TPSA) is 44.9 Å². The Hall–Kier alpha value is -3.06.